The van der Waals surface area contributed by atoms with Gasteiger partial charge in [0.2, 0.25) is 0 Å². The quantitative estimate of drug-likeness (QED) is 0.0361. The van der Waals surface area contributed by atoms with Crippen molar-refractivity contribution in [3.05, 3.63) is 60.8 Å². The van der Waals surface area contributed by atoms with Crippen LogP contribution in [0.25, 0.3) is 0 Å². The number of ether oxygens (including phenoxy) is 2. The van der Waals surface area contributed by atoms with Gasteiger partial charge in [-0.25, -0.2) is 0 Å². The van der Waals surface area contributed by atoms with Gasteiger partial charge in [0.25, 0.3) is 0 Å². The molecule has 0 bridgehead atoms. The van der Waals surface area contributed by atoms with Gasteiger partial charge in [0.05, 0.1) is 6.10 Å². The molecule has 0 heterocycles. The van der Waals surface area contributed by atoms with Gasteiger partial charge in [-0.05, 0) is 44.9 Å². The summed E-state index contributed by atoms with van der Waals surface area (Å²) >= 11 is 0. The summed E-state index contributed by atoms with van der Waals surface area (Å²) in [5.74, 6) is -0.767. The number of unbranched alkanes of at least 4 members (excludes halogenated alkanes) is 11. The lowest BCUT2D eigenvalue weighted by Crippen LogP contribution is -2.25. The van der Waals surface area contributed by atoms with Gasteiger partial charge in [0.15, 0.2) is 0 Å². The van der Waals surface area contributed by atoms with E-state index < -0.39 is 18.2 Å². The molecule has 0 spiro atoms. The monoisotopic (exact) mass is 616 g/mol. The molecule has 44 heavy (non-hydrogen) atoms. The summed E-state index contributed by atoms with van der Waals surface area (Å²) in [4.78, 5) is 23.8. The molecule has 0 amide bonds. The van der Waals surface area contributed by atoms with Crippen LogP contribution in [0.15, 0.2) is 60.8 Å². The van der Waals surface area contributed by atoms with E-state index in [4.69, 9.17) is 9.47 Å². The van der Waals surface area contributed by atoms with Gasteiger partial charge in [-0.1, -0.05) is 145 Å². The molecule has 0 saturated heterocycles. The van der Waals surface area contributed by atoms with Gasteiger partial charge >= 0.3 is 11.9 Å². The van der Waals surface area contributed by atoms with Crippen molar-refractivity contribution in [2.24, 2.45) is 0 Å². The lowest BCUT2D eigenvalue weighted by atomic mass is 10.0. The second-order valence-corrected chi connectivity index (χ2v) is 11.5. The molecule has 0 saturated carbocycles. The first-order chi connectivity index (χ1) is 21.5. The summed E-state index contributed by atoms with van der Waals surface area (Å²) in [6, 6.07) is 0. The molecule has 6 heteroatoms. The van der Waals surface area contributed by atoms with E-state index in [1.807, 2.05) is 18.2 Å². The fraction of sp³-hybridized carbons (Fsp3) is 0.684. The predicted octanol–water partition coefficient (Wildman–Crippen LogP) is 9.42. The number of aliphatic hydroxyl groups excluding tert-OH is 2. The Bertz CT molecular complexity index is 810. The molecule has 0 aromatic rings. The largest absolute Gasteiger partial charge is 0.463 e. The normalized spacial score (nSPS) is 13.6. The van der Waals surface area contributed by atoms with E-state index >= 15 is 0 Å². The highest BCUT2D eigenvalue weighted by atomic mass is 16.6. The Morgan fingerprint density at radius 3 is 1.55 bits per heavy atom. The summed E-state index contributed by atoms with van der Waals surface area (Å²) in [5.41, 5.74) is 0. The Kier molecular flexibility index (Phi) is 31.6. The molecule has 0 aliphatic heterocycles. The van der Waals surface area contributed by atoms with Crippen LogP contribution in [0.5, 0.6) is 0 Å². The van der Waals surface area contributed by atoms with Gasteiger partial charge < -0.3 is 19.7 Å². The fourth-order valence-electron chi connectivity index (χ4n) is 4.47. The maximum Gasteiger partial charge on any atom is 0.305 e. The van der Waals surface area contributed by atoms with Crippen LogP contribution >= 0.6 is 0 Å². The second kappa shape index (κ2) is 33.5. The van der Waals surface area contributed by atoms with Gasteiger partial charge in [0.1, 0.15) is 19.3 Å². The lowest BCUT2D eigenvalue weighted by molar-refractivity contribution is -0.152. The van der Waals surface area contributed by atoms with E-state index in [-0.39, 0.29) is 25.6 Å². The minimum atomic E-state index is -1.04. The van der Waals surface area contributed by atoms with Crippen molar-refractivity contribution in [3.8, 4) is 0 Å². The molecule has 0 aliphatic rings. The van der Waals surface area contributed by atoms with Crippen molar-refractivity contribution in [1.82, 2.24) is 0 Å². The maximum absolute atomic E-state index is 11.9. The number of hydrogen-bond acceptors (Lipinski definition) is 6. The van der Waals surface area contributed by atoms with Crippen LogP contribution in [-0.2, 0) is 19.1 Å². The van der Waals surface area contributed by atoms with Gasteiger partial charge in [-0.15, -0.1) is 0 Å². The van der Waals surface area contributed by atoms with E-state index in [9.17, 15) is 19.8 Å². The number of rotatable bonds is 30. The molecule has 6 nitrogen and oxygen atoms in total. The third-order valence-corrected chi connectivity index (χ3v) is 7.12. The van der Waals surface area contributed by atoms with Crippen molar-refractivity contribution in [2.75, 3.05) is 13.2 Å². The van der Waals surface area contributed by atoms with Gasteiger partial charge in [-0.2, -0.15) is 0 Å². The number of esters is 2. The van der Waals surface area contributed by atoms with E-state index in [1.165, 1.54) is 57.8 Å². The predicted molar refractivity (Wildman–Crippen MR) is 183 cm³/mol. The number of carbonyl (C=O) groups excluding carboxylic acids is 2. The van der Waals surface area contributed by atoms with Crippen LogP contribution in [0.1, 0.15) is 142 Å². The van der Waals surface area contributed by atoms with Crippen molar-refractivity contribution in [2.45, 2.75) is 154 Å². The van der Waals surface area contributed by atoms with Crippen LogP contribution in [0.3, 0.4) is 0 Å². The van der Waals surface area contributed by atoms with Crippen molar-refractivity contribution in [1.29, 1.82) is 0 Å². The zero-order valence-corrected chi connectivity index (χ0v) is 28.0. The minimum absolute atomic E-state index is 0.153. The molecule has 1 unspecified atom stereocenters. The Morgan fingerprint density at radius 1 is 0.568 bits per heavy atom. The summed E-state index contributed by atoms with van der Waals surface area (Å²) in [5, 5.41) is 20.0. The highest BCUT2D eigenvalue weighted by Crippen LogP contribution is 2.13. The summed E-state index contributed by atoms with van der Waals surface area (Å²) in [6.07, 6.45) is 38.7. The summed E-state index contributed by atoms with van der Waals surface area (Å²) in [7, 11) is 0. The molecule has 0 aliphatic carbocycles. The summed E-state index contributed by atoms with van der Waals surface area (Å²) < 4.78 is 10.2. The fourth-order valence-corrected chi connectivity index (χ4v) is 4.47. The third kappa shape index (κ3) is 32.5. The first-order valence-electron chi connectivity index (χ1n) is 17.4. The Labute approximate surface area is 269 Å². The van der Waals surface area contributed by atoms with Crippen molar-refractivity contribution >= 4 is 11.9 Å². The maximum atomic E-state index is 11.9. The SMILES string of the molecule is CC/C=C\C/C=C\C/C=C\C/C=C\C=C\C(O)CCCC(=O)OC[C@H](O)COC(=O)CCCCCCCCCCCCCC. The lowest BCUT2D eigenvalue weighted by Gasteiger charge is -2.12. The topological polar surface area (TPSA) is 93.1 Å². The highest BCUT2D eigenvalue weighted by Gasteiger charge is 2.12. The van der Waals surface area contributed by atoms with Crippen LogP contribution in [0, 0.1) is 0 Å². The van der Waals surface area contributed by atoms with Crippen LogP contribution in [-0.4, -0.2) is 47.6 Å². The smallest absolute Gasteiger partial charge is 0.305 e. The average molecular weight is 617 g/mol. The van der Waals surface area contributed by atoms with E-state index in [2.05, 4.69) is 50.3 Å². The molecule has 2 atom stereocenters. The number of aliphatic hydroxyl groups is 2. The van der Waals surface area contributed by atoms with Gasteiger partial charge in [0, 0.05) is 12.8 Å². The highest BCUT2D eigenvalue weighted by molar-refractivity contribution is 5.69. The molecule has 0 aromatic heterocycles. The minimum Gasteiger partial charge on any atom is -0.463 e. The number of allylic oxidation sites excluding steroid dienone is 9. The third-order valence-electron chi connectivity index (χ3n) is 7.12. The van der Waals surface area contributed by atoms with E-state index in [1.54, 1.807) is 6.08 Å². The standard InChI is InChI=1S/C38H64O6/c1-3-5-7-9-11-13-15-17-18-20-22-24-26-29-35(39)30-28-32-38(42)44-34-36(40)33-43-37(41)31-27-25-23-21-19-16-14-12-10-8-6-4-2/h5,7,11,13,17-18,22,24,26,29,35-36,39-40H,3-4,6,8-10,12,14-16,19-21,23,25,27-28,30-34H2,1-2H3/b7-5-,13-11-,18-17-,24-22-,29-26+/t35?,36-/m1/s1. The first kappa shape index (κ1) is 41.6. The zero-order valence-electron chi connectivity index (χ0n) is 28.0. The molecule has 252 valence electrons. The molecule has 0 radical (unpaired) electrons. The molecule has 0 aromatic carbocycles. The zero-order chi connectivity index (χ0) is 32.4. The van der Waals surface area contributed by atoms with Crippen LogP contribution in [0.2, 0.25) is 0 Å². The van der Waals surface area contributed by atoms with E-state index in [0.29, 0.717) is 19.3 Å². The average Bonchev–Trinajstić information content (AvgIpc) is 3.01. The Morgan fingerprint density at radius 2 is 1.02 bits per heavy atom. The molecule has 2 N–H and O–H groups in total. The molecular formula is C38H64O6. The van der Waals surface area contributed by atoms with Gasteiger partial charge in [-0.3, -0.25) is 9.59 Å². The molecular weight excluding hydrogens is 552 g/mol. The van der Waals surface area contributed by atoms with Crippen LogP contribution < -0.4 is 0 Å². The first-order valence-corrected chi connectivity index (χ1v) is 17.4. The molecule has 0 fully saturated rings. The van der Waals surface area contributed by atoms with Crippen molar-refractivity contribution < 1.29 is 29.3 Å². The van der Waals surface area contributed by atoms with Crippen LogP contribution in [0.4, 0.5) is 0 Å². The molecule has 0 rings (SSSR count). The number of hydrogen-bond donors (Lipinski definition) is 2. The number of carbonyl (C=O) groups is 2. The second-order valence-electron chi connectivity index (χ2n) is 11.5. The van der Waals surface area contributed by atoms with E-state index in [0.717, 1.165) is 44.9 Å². The van der Waals surface area contributed by atoms with Crippen molar-refractivity contribution in [3.63, 3.8) is 0 Å². The Hall–Kier alpha value is -2.44. The summed E-state index contributed by atoms with van der Waals surface area (Å²) in [6.45, 7) is 3.99. The Balaban J connectivity index is 3.69.